The molecule has 2 heterocycles. The van der Waals surface area contributed by atoms with E-state index in [0.29, 0.717) is 38.4 Å². The van der Waals surface area contributed by atoms with E-state index in [1.54, 1.807) is 6.92 Å². The number of sulfonamides is 1. The van der Waals surface area contributed by atoms with Gasteiger partial charge < -0.3 is 10.6 Å². The molecule has 0 aliphatic carbocycles. The zero-order chi connectivity index (χ0) is 15.6. The van der Waals surface area contributed by atoms with Crippen molar-refractivity contribution in [2.24, 2.45) is 17.6 Å². The predicted molar refractivity (Wildman–Crippen MR) is 82.1 cm³/mol. The number of nitrogens with two attached hydrogens (primary N) is 1. The molecular weight excluding hydrogens is 290 g/mol. The second-order valence-corrected chi connectivity index (χ2v) is 8.51. The lowest BCUT2D eigenvalue weighted by atomic mass is 9.96. The van der Waals surface area contributed by atoms with Crippen molar-refractivity contribution in [3.8, 4) is 0 Å². The Balaban J connectivity index is 1.92. The fraction of sp³-hybridized carbons (Fsp3) is 0.929. The number of piperidine rings is 1. The summed E-state index contributed by atoms with van der Waals surface area (Å²) in [4.78, 5) is 14.6. The van der Waals surface area contributed by atoms with Gasteiger partial charge in [0, 0.05) is 31.6 Å². The third-order valence-corrected chi connectivity index (χ3v) is 6.72. The summed E-state index contributed by atoms with van der Waals surface area (Å²) in [7, 11) is -3.12. The maximum absolute atomic E-state index is 12.6. The molecule has 0 bridgehead atoms. The Kier molecular flexibility index (Phi) is 5.27. The van der Waals surface area contributed by atoms with E-state index in [1.165, 1.54) is 4.31 Å². The second kappa shape index (κ2) is 6.62. The summed E-state index contributed by atoms with van der Waals surface area (Å²) in [5.41, 5.74) is 5.71. The summed E-state index contributed by atoms with van der Waals surface area (Å²) in [6, 6.07) is 0.253. The Morgan fingerprint density at radius 3 is 2.38 bits per heavy atom. The number of hydrogen-bond donors (Lipinski definition) is 1. The van der Waals surface area contributed by atoms with Gasteiger partial charge in [-0.3, -0.25) is 4.79 Å². The average Bonchev–Trinajstić information content (AvgIpc) is 2.87. The zero-order valence-corrected chi connectivity index (χ0v) is 13.8. The van der Waals surface area contributed by atoms with Crippen molar-refractivity contribution in [3.63, 3.8) is 0 Å². The van der Waals surface area contributed by atoms with E-state index in [9.17, 15) is 13.2 Å². The van der Waals surface area contributed by atoms with Gasteiger partial charge in [0.2, 0.25) is 15.9 Å². The molecule has 21 heavy (non-hydrogen) atoms. The zero-order valence-electron chi connectivity index (χ0n) is 13.0. The molecule has 0 radical (unpaired) electrons. The molecule has 1 amide bonds. The van der Waals surface area contributed by atoms with Crippen molar-refractivity contribution in [1.82, 2.24) is 9.21 Å². The van der Waals surface area contributed by atoms with Crippen LogP contribution in [0.2, 0.25) is 0 Å². The Morgan fingerprint density at radius 1 is 1.29 bits per heavy atom. The smallest absolute Gasteiger partial charge is 0.226 e. The van der Waals surface area contributed by atoms with Crippen LogP contribution in [0.3, 0.4) is 0 Å². The summed E-state index contributed by atoms with van der Waals surface area (Å²) in [6.07, 6.45) is 2.24. The molecule has 0 aromatic carbocycles. The van der Waals surface area contributed by atoms with Crippen molar-refractivity contribution in [2.45, 2.75) is 39.2 Å². The predicted octanol–water partition coefficient (Wildman–Crippen LogP) is 0.244. The van der Waals surface area contributed by atoms with Crippen molar-refractivity contribution < 1.29 is 13.2 Å². The Labute approximate surface area is 127 Å². The van der Waals surface area contributed by atoms with Gasteiger partial charge in [-0.25, -0.2) is 12.7 Å². The average molecular weight is 317 g/mol. The van der Waals surface area contributed by atoms with Crippen LogP contribution < -0.4 is 5.73 Å². The topological polar surface area (TPSA) is 83.7 Å². The van der Waals surface area contributed by atoms with Gasteiger partial charge in [0.15, 0.2) is 0 Å². The van der Waals surface area contributed by atoms with Crippen LogP contribution in [0.4, 0.5) is 0 Å². The van der Waals surface area contributed by atoms with Crippen molar-refractivity contribution in [3.05, 3.63) is 0 Å². The van der Waals surface area contributed by atoms with Crippen LogP contribution in [-0.4, -0.2) is 61.5 Å². The third kappa shape index (κ3) is 3.57. The third-order valence-electron chi connectivity index (χ3n) is 4.84. The van der Waals surface area contributed by atoms with Gasteiger partial charge in [0.25, 0.3) is 0 Å². The summed E-state index contributed by atoms with van der Waals surface area (Å²) >= 11 is 0. The molecule has 2 N–H and O–H groups in total. The highest BCUT2D eigenvalue weighted by molar-refractivity contribution is 7.89. The Morgan fingerprint density at radius 2 is 1.90 bits per heavy atom. The van der Waals surface area contributed by atoms with E-state index in [2.05, 4.69) is 6.92 Å². The van der Waals surface area contributed by atoms with Crippen LogP contribution in [0.15, 0.2) is 0 Å². The highest BCUT2D eigenvalue weighted by Crippen LogP contribution is 2.28. The summed E-state index contributed by atoms with van der Waals surface area (Å²) in [6.45, 7) is 6.05. The maximum Gasteiger partial charge on any atom is 0.226 e. The van der Waals surface area contributed by atoms with Crippen LogP contribution in [0, 0.1) is 11.8 Å². The maximum atomic E-state index is 12.6. The number of amides is 1. The number of nitrogens with zero attached hydrogens (tertiary/aromatic N) is 2. The molecule has 122 valence electrons. The van der Waals surface area contributed by atoms with Crippen molar-refractivity contribution in [1.29, 1.82) is 0 Å². The molecular formula is C14H27N3O3S. The van der Waals surface area contributed by atoms with E-state index < -0.39 is 10.0 Å². The molecule has 6 nitrogen and oxygen atoms in total. The first-order valence-corrected chi connectivity index (χ1v) is 9.48. The van der Waals surface area contributed by atoms with E-state index in [0.717, 1.165) is 13.0 Å². The lowest BCUT2D eigenvalue weighted by molar-refractivity contribution is -0.137. The van der Waals surface area contributed by atoms with E-state index in [4.69, 9.17) is 5.73 Å². The highest BCUT2D eigenvalue weighted by Gasteiger charge is 2.37. The standard InChI is InChI=1S/C14H27N3O3S/c1-3-21(19,20)16-6-4-13(5-7-16)14(18)17-10-12(9-15)8-11(17)2/h11-13H,3-10,15H2,1-2H3. The van der Waals surface area contributed by atoms with E-state index in [1.807, 2.05) is 4.90 Å². The number of carbonyl (C=O) groups is 1. The van der Waals surface area contributed by atoms with Crippen LogP contribution in [0.1, 0.15) is 33.1 Å². The SMILES string of the molecule is CCS(=O)(=O)N1CCC(C(=O)N2CC(CN)CC2C)CC1. The van der Waals surface area contributed by atoms with Gasteiger partial charge >= 0.3 is 0 Å². The van der Waals surface area contributed by atoms with Gasteiger partial charge in [0.1, 0.15) is 0 Å². The van der Waals surface area contributed by atoms with Gasteiger partial charge in [0.05, 0.1) is 5.75 Å². The summed E-state index contributed by atoms with van der Waals surface area (Å²) < 4.78 is 25.2. The van der Waals surface area contributed by atoms with Crippen molar-refractivity contribution in [2.75, 3.05) is 31.9 Å². The molecule has 2 aliphatic rings. The molecule has 2 saturated heterocycles. The van der Waals surface area contributed by atoms with Crippen molar-refractivity contribution >= 4 is 15.9 Å². The minimum atomic E-state index is -3.12. The largest absolute Gasteiger partial charge is 0.339 e. The first-order chi connectivity index (χ1) is 9.89. The number of likely N-dealkylation sites (tertiary alicyclic amines) is 1. The normalized spacial score (nSPS) is 29.0. The fourth-order valence-electron chi connectivity index (χ4n) is 3.42. The lowest BCUT2D eigenvalue weighted by Gasteiger charge is -2.33. The van der Waals surface area contributed by atoms with Gasteiger partial charge in [-0.1, -0.05) is 0 Å². The monoisotopic (exact) mass is 317 g/mol. The van der Waals surface area contributed by atoms with E-state index >= 15 is 0 Å². The molecule has 0 aromatic rings. The highest BCUT2D eigenvalue weighted by atomic mass is 32.2. The Bertz CT molecular complexity index is 472. The Hall–Kier alpha value is -0.660. The number of rotatable bonds is 4. The molecule has 0 spiro atoms. The minimum Gasteiger partial charge on any atom is -0.339 e. The molecule has 2 aliphatic heterocycles. The number of carbonyl (C=O) groups excluding carboxylic acids is 1. The van der Waals surface area contributed by atoms with Crippen LogP contribution in [-0.2, 0) is 14.8 Å². The van der Waals surface area contributed by atoms with Gasteiger partial charge in [-0.2, -0.15) is 0 Å². The number of hydrogen-bond acceptors (Lipinski definition) is 4. The van der Waals surface area contributed by atoms with Gasteiger partial charge in [-0.15, -0.1) is 0 Å². The van der Waals surface area contributed by atoms with Crippen LogP contribution in [0.5, 0.6) is 0 Å². The van der Waals surface area contributed by atoms with Gasteiger partial charge in [-0.05, 0) is 45.6 Å². The molecule has 0 aromatic heterocycles. The quantitative estimate of drug-likeness (QED) is 0.805. The molecule has 2 unspecified atom stereocenters. The summed E-state index contributed by atoms with van der Waals surface area (Å²) in [5.74, 6) is 0.691. The first-order valence-electron chi connectivity index (χ1n) is 7.87. The van der Waals surface area contributed by atoms with Crippen LogP contribution >= 0.6 is 0 Å². The molecule has 0 saturated carbocycles. The fourth-order valence-corrected chi connectivity index (χ4v) is 4.55. The minimum absolute atomic E-state index is 0.0349. The molecule has 2 rings (SSSR count). The molecule has 7 heteroatoms. The van der Waals surface area contributed by atoms with E-state index in [-0.39, 0.29) is 23.6 Å². The lowest BCUT2D eigenvalue weighted by Crippen LogP contribution is -2.45. The second-order valence-electron chi connectivity index (χ2n) is 6.25. The molecule has 2 atom stereocenters. The first kappa shape index (κ1) is 16.7. The molecule has 2 fully saturated rings. The van der Waals surface area contributed by atoms with Crippen LogP contribution in [0.25, 0.3) is 0 Å². The summed E-state index contributed by atoms with van der Waals surface area (Å²) in [5, 5.41) is 0.